The number of hydrogen-bond acceptors (Lipinski definition) is 2. The molecule has 0 fully saturated rings. The Morgan fingerprint density at radius 2 is 2.15 bits per heavy atom. The molecule has 0 unspecified atom stereocenters. The lowest BCUT2D eigenvalue weighted by Gasteiger charge is -2.11. The Kier molecular flexibility index (Phi) is 5.21. The van der Waals surface area contributed by atoms with E-state index in [4.69, 9.17) is 11.6 Å². The minimum Gasteiger partial charge on any atom is -0.335 e. The highest BCUT2D eigenvalue weighted by molar-refractivity contribution is 6.31. The molecule has 1 heterocycles. The molecule has 2 rings (SSSR count). The van der Waals surface area contributed by atoms with E-state index in [1.165, 1.54) is 5.56 Å². The molecule has 0 bridgehead atoms. The van der Waals surface area contributed by atoms with Gasteiger partial charge in [0.15, 0.2) is 0 Å². The van der Waals surface area contributed by atoms with Gasteiger partial charge in [-0.25, -0.2) is 4.98 Å². The second-order valence-electron chi connectivity index (χ2n) is 5.27. The van der Waals surface area contributed by atoms with Crippen molar-refractivity contribution in [1.82, 2.24) is 14.9 Å². The monoisotopic (exact) mass is 291 g/mol. The molecule has 3 nitrogen and oxygen atoms in total. The van der Waals surface area contributed by atoms with Crippen molar-refractivity contribution in [3.8, 4) is 0 Å². The van der Waals surface area contributed by atoms with Crippen LogP contribution in [0.15, 0.2) is 30.6 Å². The quantitative estimate of drug-likeness (QED) is 0.880. The first-order valence-corrected chi connectivity index (χ1v) is 7.48. The molecule has 1 aromatic heterocycles. The molecule has 0 saturated carbocycles. The Balaban J connectivity index is 2.10. The number of halogens is 1. The lowest BCUT2D eigenvalue weighted by atomic mass is 10.1. The number of aryl methyl sites for hydroxylation is 1. The molecule has 0 saturated heterocycles. The van der Waals surface area contributed by atoms with Gasteiger partial charge in [0.05, 0.1) is 0 Å². The number of benzene rings is 1. The van der Waals surface area contributed by atoms with Gasteiger partial charge in [0.25, 0.3) is 0 Å². The molecule has 108 valence electrons. The third-order valence-electron chi connectivity index (χ3n) is 3.32. The van der Waals surface area contributed by atoms with E-state index in [0.29, 0.717) is 6.04 Å². The number of hydrogen-bond donors (Lipinski definition) is 1. The Morgan fingerprint density at radius 3 is 2.80 bits per heavy atom. The Bertz CT molecular complexity index is 561. The van der Waals surface area contributed by atoms with Crippen LogP contribution in [-0.2, 0) is 19.5 Å². The van der Waals surface area contributed by atoms with Crippen molar-refractivity contribution in [3.63, 3.8) is 0 Å². The average molecular weight is 292 g/mol. The van der Waals surface area contributed by atoms with E-state index in [-0.39, 0.29) is 0 Å². The zero-order chi connectivity index (χ0) is 14.5. The summed E-state index contributed by atoms with van der Waals surface area (Å²) in [6, 6.07) is 6.76. The molecule has 0 spiro atoms. The molecule has 0 aliphatic rings. The highest BCUT2D eigenvalue weighted by Crippen LogP contribution is 2.20. The smallest absolute Gasteiger partial charge is 0.113 e. The Hall–Kier alpha value is -1.32. The zero-order valence-corrected chi connectivity index (χ0v) is 13.1. The van der Waals surface area contributed by atoms with Gasteiger partial charge >= 0.3 is 0 Å². The molecular formula is C16H22ClN3. The van der Waals surface area contributed by atoms with Crippen LogP contribution in [0.25, 0.3) is 0 Å². The second kappa shape index (κ2) is 6.91. The van der Waals surface area contributed by atoms with E-state index in [2.05, 4.69) is 47.8 Å². The summed E-state index contributed by atoms with van der Waals surface area (Å²) in [5.74, 6) is 1.06. The van der Waals surface area contributed by atoms with Crippen LogP contribution >= 0.6 is 11.6 Å². The third kappa shape index (κ3) is 3.84. The highest BCUT2D eigenvalue weighted by atomic mass is 35.5. The fourth-order valence-corrected chi connectivity index (χ4v) is 2.40. The molecule has 1 aromatic carbocycles. The number of rotatable bonds is 6. The van der Waals surface area contributed by atoms with Crippen molar-refractivity contribution in [3.05, 3.63) is 52.6 Å². The normalized spacial score (nSPS) is 11.2. The summed E-state index contributed by atoms with van der Waals surface area (Å²) in [5, 5.41) is 4.22. The van der Waals surface area contributed by atoms with Crippen LogP contribution in [-0.4, -0.2) is 15.6 Å². The van der Waals surface area contributed by atoms with Gasteiger partial charge in [0, 0.05) is 43.0 Å². The first-order valence-electron chi connectivity index (χ1n) is 7.10. The predicted molar refractivity (Wildman–Crippen MR) is 84.1 cm³/mol. The molecule has 4 heteroatoms. The summed E-state index contributed by atoms with van der Waals surface area (Å²) < 4.78 is 2.14. The largest absolute Gasteiger partial charge is 0.335 e. The van der Waals surface area contributed by atoms with Crippen LogP contribution in [0.5, 0.6) is 0 Å². The minimum absolute atomic E-state index is 0.477. The molecule has 0 atom stereocenters. The summed E-state index contributed by atoms with van der Waals surface area (Å²) in [4.78, 5) is 4.40. The van der Waals surface area contributed by atoms with E-state index in [1.807, 2.05) is 18.5 Å². The van der Waals surface area contributed by atoms with Gasteiger partial charge in [-0.15, -0.1) is 0 Å². The Morgan fingerprint density at radius 1 is 1.35 bits per heavy atom. The maximum Gasteiger partial charge on any atom is 0.113 e. The van der Waals surface area contributed by atoms with Crippen LogP contribution in [0.2, 0.25) is 5.02 Å². The molecule has 0 aliphatic carbocycles. The maximum absolute atomic E-state index is 6.39. The fraction of sp³-hybridized carbons (Fsp3) is 0.438. The molecule has 20 heavy (non-hydrogen) atoms. The number of nitrogens with one attached hydrogen (secondary N) is 1. The van der Waals surface area contributed by atoms with Crippen molar-refractivity contribution in [2.45, 2.75) is 46.3 Å². The average Bonchev–Trinajstić information content (AvgIpc) is 2.86. The van der Waals surface area contributed by atoms with Crippen LogP contribution in [0.1, 0.15) is 37.7 Å². The molecule has 2 aromatic rings. The molecule has 1 N–H and O–H groups in total. The van der Waals surface area contributed by atoms with Crippen molar-refractivity contribution >= 4 is 11.6 Å². The molecule has 0 aliphatic heterocycles. The number of nitrogens with zero attached hydrogens (tertiary/aromatic N) is 2. The van der Waals surface area contributed by atoms with Crippen molar-refractivity contribution in [1.29, 1.82) is 0 Å². The second-order valence-corrected chi connectivity index (χ2v) is 5.67. The Labute approximate surface area is 126 Å². The summed E-state index contributed by atoms with van der Waals surface area (Å²) >= 11 is 6.39. The maximum atomic E-state index is 6.39. The van der Waals surface area contributed by atoms with Crippen LogP contribution in [0.4, 0.5) is 0 Å². The van der Waals surface area contributed by atoms with Gasteiger partial charge in [-0.1, -0.05) is 37.6 Å². The van der Waals surface area contributed by atoms with Crippen LogP contribution in [0.3, 0.4) is 0 Å². The summed E-state index contributed by atoms with van der Waals surface area (Å²) in [6.45, 7) is 8.18. The van der Waals surface area contributed by atoms with Crippen LogP contribution < -0.4 is 5.32 Å². The van der Waals surface area contributed by atoms with Crippen molar-refractivity contribution in [2.24, 2.45) is 0 Å². The zero-order valence-electron chi connectivity index (χ0n) is 12.4. The highest BCUT2D eigenvalue weighted by Gasteiger charge is 2.07. The van der Waals surface area contributed by atoms with E-state index < -0.39 is 0 Å². The van der Waals surface area contributed by atoms with Crippen molar-refractivity contribution in [2.75, 3.05) is 0 Å². The fourth-order valence-electron chi connectivity index (χ4n) is 2.13. The van der Waals surface area contributed by atoms with Gasteiger partial charge in [0.2, 0.25) is 0 Å². The summed E-state index contributed by atoms with van der Waals surface area (Å²) in [5.41, 5.74) is 2.34. The van der Waals surface area contributed by atoms with Gasteiger partial charge in [-0.05, 0) is 24.1 Å². The first kappa shape index (κ1) is 15.1. The third-order valence-corrected chi connectivity index (χ3v) is 3.67. The molecule has 0 radical (unpaired) electrons. The van der Waals surface area contributed by atoms with E-state index in [1.54, 1.807) is 0 Å². The van der Waals surface area contributed by atoms with E-state index in [0.717, 1.165) is 35.9 Å². The van der Waals surface area contributed by atoms with Gasteiger partial charge in [-0.2, -0.15) is 0 Å². The lowest BCUT2D eigenvalue weighted by Crippen LogP contribution is -2.21. The number of aromatic nitrogens is 2. The van der Waals surface area contributed by atoms with Crippen molar-refractivity contribution < 1.29 is 0 Å². The van der Waals surface area contributed by atoms with Gasteiger partial charge in [0.1, 0.15) is 5.82 Å². The van der Waals surface area contributed by atoms with E-state index >= 15 is 0 Å². The van der Waals surface area contributed by atoms with Gasteiger partial charge in [-0.3, -0.25) is 0 Å². The molecular weight excluding hydrogens is 270 g/mol. The predicted octanol–water partition coefficient (Wildman–Crippen LogP) is 3.65. The van der Waals surface area contributed by atoms with E-state index in [9.17, 15) is 0 Å². The number of imidazole rings is 1. The molecule has 0 amide bonds. The first-order chi connectivity index (χ1) is 9.60. The SMILES string of the molecule is CCn1ccnc1Cc1ccc(CNC(C)C)cc1Cl. The topological polar surface area (TPSA) is 29.9 Å². The summed E-state index contributed by atoms with van der Waals surface area (Å²) in [6.07, 6.45) is 4.62. The summed E-state index contributed by atoms with van der Waals surface area (Å²) in [7, 11) is 0. The lowest BCUT2D eigenvalue weighted by molar-refractivity contribution is 0.589. The standard InChI is InChI=1S/C16H22ClN3/c1-4-20-8-7-18-16(20)10-14-6-5-13(9-15(14)17)11-19-12(2)3/h5-9,12,19H,4,10-11H2,1-3H3. The van der Waals surface area contributed by atoms with Gasteiger partial charge < -0.3 is 9.88 Å². The minimum atomic E-state index is 0.477. The van der Waals surface area contributed by atoms with Crippen LogP contribution in [0, 0.1) is 0 Å².